The van der Waals surface area contributed by atoms with E-state index >= 15 is 0 Å². The Kier molecular flexibility index (Phi) is 3.05. The summed E-state index contributed by atoms with van der Waals surface area (Å²) in [6.07, 6.45) is 0.236. The molecule has 0 saturated carbocycles. The highest BCUT2D eigenvalue weighted by molar-refractivity contribution is 5.72. The van der Waals surface area contributed by atoms with Gasteiger partial charge in [-0.1, -0.05) is 54.6 Å². The van der Waals surface area contributed by atoms with E-state index in [0.29, 0.717) is 5.92 Å². The van der Waals surface area contributed by atoms with Crippen LogP contribution in [0.25, 0.3) is 0 Å². The Hall–Kier alpha value is -2.13. The minimum absolute atomic E-state index is 0.183. The number of likely N-dealkylation sites (tertiary alicyclic amines) is 1. The molecule has 2 atom stereocenters. The van der Waals surface area contributed by atoms with Crippen LogP contribution in [0.15, 0.2) is 54.6 Å². The summed E-state index contributed by atoms with van der Waals surface area (Å²) in [5, 5.41) is 9.37. The van der Waals surface area contributed by atoms with Crippen LogP contribution in [-0.4, -0.2) is 29.1 Å². The van der Waals surface area contributed by atoms with E-state index in [1.165, 1.54) is 16.7 Å². The molecule has 3 nitrogen and oxygen atoms in total. The molecular weight excluding hydrogens is 274 g/mol. The first kappa shape index (κ1) is 13.5. The van der Waals surface area contributed by atoms with Crippen molar-refractivity contribution in [3.8, 4) is 0 Å². The molecule has 1 aliphatic heterocycles. The van der Waals surface area contributed by atoms with E-state index in [2.05, 4.69) is 47.4 Å². The molecule has 0 bridgehead atoms. The van der Waals surface area contributed by atoms with Crippen molar-refractivity contribution in [1.82, 2.24) is 4.90 Å². The molecule has 0 unspecified atom stereocenters. The third kappa shape index (κ3) is 1.97. The number of fused-ring (bicyclic) bond motifs is 4. The van der Waals surface area contributed by atoms with Crippen molar-refractivity contribution >= 4 is 5.97 Å². The number of rotatable bonds is 4. The zero-order chi connectivity index (χ0) is 15.2. The van der Waals surface area contributed by atoms with Crippen molar-refractivity contribution in [3.63, 3.8) is 0 Å². The number of carboxylic acids is 1. The number of nitrogens with zero attached hydrogens (tertiary/aromatic N) is 1. The van der Waals surface area contributed by atoms with Crippen molar-refractivity contribution in [2.45, 2.75) is 24.3 Å². The summed E-state index contributed by atoms with van der Waals surface area (Å²) in [6, 6.07) is 18.8. The molecule has 1 N–H and O–H groups in total. The minimum atomic E-state index is -0.693. The molecule has 0 amide bonds. The Balaban J connectivity index is 1.62. The van der Waals surface area contributed by atoms with Gasteiger partial charge in [0.05, 0.1) is 6.42 Å². The Morgan fingerprint density at radius 3 is 2.64 bits per heavy atom. The lowest BCUT2D eigenvalue weighted by Gasteiger charge is -2.45. The Labute approximate surface area is 130 Å². The van der Waals surface area contributed by atoms with E-state index in [-0.39, 0.29) is 11.8 Å². The largest absolute Gasteiger partial charge is 0.481 e. The summed E-state index contributed by atoms with van der Waals surface area (Å²) >= 11 is 0. The molecule has 1 saturated heterocycles. The van der Waals surface area contributed by atoms with Crippen LogP contribution in [0.3, 0.4) is 0 Å². The molecule has 22 heavy (non-hydrogen) atoms. The predicted octanol–water partition coefficient (Wildman–Crippen LogP) is 3.01. The van der Waals surface area contributed by atoms with Gasteiger partial charge >= 0.3 is 5.97 Å². The maximum Gasteiger partial charge on any atom is 0.304 e. The second-order valence-corrected chi connectivity index (χ2v) is 6.52. The molecule has 0 radical (unpaired) electrons. The van der Waals surface area contributed by atoms with Crippen LogP contribution in [0.1, 0.15) is 29.0 Å². The minimum Gasteiger partial charge on any atom is -0.481 e. The number of carbonyl (C=O) groups is 1. The smallest absolute Gasteiger partial charge is 0.304 e. The van der Waals surface area contributed by atoms with Crippen LogP contribution in [0.4, 0.5) is 0 Å². The molecule has 112 valence electrons. The Morgan fingerprint density at radius 2 is 1.86 bits per heavy atom. The summed E-state index contributed by atoms with van der Waals surface area (Å²) in [4.78, 5) is 13.8. The van der Waals surface area contributed by atoms with Gasteiger partial charge in [-0.2, -0.15) is 0 Å². The SMILES string of the molecule is O=C(O)C[C@@]12CN(Cc3ccccc3)C[C@@H]1c1ccccc12. The standard InChI is InChI=1S/C19H19NO2/c21-18(22)10-19-13-20(11-14-6-2-1-3-7-14)12-17(19)15-8-4-5-9-16(15)19/h1-9,17H,10-13H2,(H,21,22)/t17-,19+/m1/s1. The van der Waals surface area contributed by atoms with Gasteiger partial charge in [0.25, 0.3) is 0 Å². The highest BCUT2D eigenvalue weighted by atomic mass is 16.4. The number of benzene rings is 2. The fraction of sp³-hybridized carbons (Fsp3) is 0.316. The van der Waals surface area contributed by atoms with Crippen LogP contribution in [0, 0.1) is 0 Å². The lowest BCUT2D eigenvalue weighted by atomic mass is 9.56. The number of carboxylic acid groups (broad SMARTS) is 1. The first-order valence-corrected chi connectivity index (χ1v) is 7.76. The highest BCUT2D eigenvalue weighted by Gasteiger charge is 2.57. The number of aliphatic carboxylic acids is 1. The van der Waals surface area contributed by atoms with Crippen LogP contribution >= 0.6 is 0 Å². The fourth-order valence-corrected chi connectivity index (χ4v) is 4.36. The molecule has 1 heterocycles. The molecule has 2 aromatic carbocycles. The van der Waals surface area contributed by atoms with E-state index < -0.39 is 5.97 Å². The molecule has 4 rings (SSSR count). The first-order valence-electron chi connectivity index (χ1n) is 7.76. The van der Waals surface area contributed by atoms with Gasteiger partial charge in [0.15, 0.2) is 0 Å². The van der Waals surface area contributed by atoms with Crippen molar-refractivity contribution in [3.05, 3.63) is 71.3 Å². The summed E-state index contributed by atoms with van der Waals surface area (Å²) in [7, 11) is 0. The Morgan fingerprint density at radius 1 is 1.14 bits per heavy atom. The topological polar surface area (TPSA) is 40.5 Å². The monoisotopic (exact) mass is 293 g/mol. The van der Waals surface area contributed by atoms with Gasteiger partial charge < -0.3 is 5.11 Å². The van der Waals surface area contributed by atoms with Gasteiger partial charge in [-0.25, -0.2) is 0 Å². The lowest BCUT2D eigenvalue weighted by molar-refractivity contribution is -0.138. The summed E-state index contributed by atoms with van der Waals surface area (Å²) in [5.74, 6) is -0.329. The molecule has 0 spiro atoms. The third-order valence-corrected chi connectivity index (χ3v) is 5.20. The third-order valence-electron chi connectivity index (χ3n) is 5.20. The zero-order valence-electron chi connectivity index (χ0n) is 12.4. The van der Waals surface area contributed by atoms with E-state index in [4.69, 9.17) is 0 Å². The van der Waals surface area contributed by atoms with E-state index in [0.717, 1.165) is 19.6 Å². The van der Waals surface area contributed by atoms with Crippen LogP contribution in [0.2, 0.25) is 0 Å². The lowest BCUT2D eigenvalue weighted by Crippen LogP contribution is -2.45. The average molecular weight is 293 g/mol. The van der Waals surface area contributed by atoms with Gasteiger partial charge in [0, 0.05) is 31.0 Å². The summed E-state index contributed by atoms with van der Waals surface area (Å²) < 4.78 is 0. The highest BCUT2D eigenvalue weighted by Crippen LogP contribution is 2.58. The molecular formula is C19H19NO2. The second kappa shape index (κ2) is 4.96. The van der Waals surface area contributed by atoms with Crippen LogP contribution in [0.5, 0.6) is 0 Å². The van der Waals surface area contributed by atoms with Crippen LogP contribution in [-0.2, 0) is 16.8 Å². The molecule has 2 aliphatic rings. The molecule has 3 heteroatoms. The molecule has 0 aromatic heterocycles. The summed E-state index contributed by atoms with van der Waals surface area (Å²) in [6.45, 7) is 2.70. The van der Waals surface area contributed by atoms with Gasteiger partial charge in [-0.05, 0) is 16.7 Å². The van der Waals surface area contributed by atoms with Gasteiger partial charge in [0.2, 0.25) is 0 Å². The van der Waals surface area contributed by atoms with E-state index in [9.17, 15) is 9.90 Å². The maximum atomic E-state index is 11.4. The van der Waals surface area contributed by atoms with Crippen molar-refractivity contribution < 1.29 is 9.90 Å². The average Bonchev–Trinajstić information content (AvgIpc) is 2.81. The van der Waals surface area contributed by atoms with Gasteiger partial charge in [0.1, 0.15) is 0 Å². The zero-order valence-corrected chi connectivity index (χ0v) is 12.4. The van der Waals surface area contributed by atoms with E-state index in [1.54, 1.807) is 0 Å². The molecule has 1 aliphatic carbocycles. The van der Waals surface area contributed by atoms with Gasteiger partial charge in [-0.3, -0.25) is 9.69 Å². The van der Waals surface area contributed by atoms with Crippen molar-refractivity contribution in [2.75, 3.05) is 13.1 Å². The van der Waals surface area contributed by atoms with Crippen LogP contribution < -0.4 is 0 Å². The normalized spacial score (nSPS) is 26.1. The van der Waals surface area contributed by atoms with Crippen molar-refractivity contribution in [2.24, 2.45) is 0 Å². The predicted molar refractivity (Wildman–Crippen MR) is 84.8 cm³/mol. The Bertz CT molecular complexity index is 712. The fourth-order valence-electron chi connectivity index (χ4n) is 4.36. The van der Waals surface area contributed by atoms with E-state index in [1.807, 2.05) is 12.1 Å². The molecule has 1 fully saturated rings. The van der Waals surface area contributed by atoms with Gasteiger partial charge in [-0.15, -0.1) is 0 Å². The number of hydrogen-bond acceptors (Lipinski definition) is 2. The summed E-state index contributed by atoms with van der Waals surface area (Å²) in [5.41, 5.74) is 3.70. The quantitative estimate of drug-likeness (QED) is 0.942. The maximum absolute atomic E-state index is 11.4. The van der Waals surface area contributed by atoms with Crippen molar-refractivity contribution in [1.29, 1.82) is 0 Å². The molecule has 2 aromatic rings. The number of hydrogen-bond donors (Lipinski definition) is 1. The first-order chi connectivity index (χ1) is 10.7. The second-order valence-electron chi connectivity index (χ2n) is 6.52.